The summed E-state index contributed by atoms with van der Waals surface area (Å²) in [7, 11) is 0. The average Bonchev–Trinajstić information content (AvgIpc) is 2.70. The van der Waals surface area contributed by atoms with Crippen LogP contribution in [-0.4, -0.2) is 49.1 Å². The quantitative estimate of drug-likeness (QED) is 0.722. The van der Waals surface area contributed by atoms with Crippen LogP contribution in [0.15, 0.2) is 46.9 Å². The minimum absolute atomic E-state index is 0.131. The number of amides is 2. The van der Waals surface area contributed by atoms with E-state index in [4.69, 9.17) is 21.1 Å². The van der Waals surface area contributed by atoms with Crippen LogP contribution in [0.5, 0.6) is 5.75 Å². The number of ether oxygens (including phenoxy) is 2. The molecule has 8 heteroatoms. The zero-order valence-electron chi connectivity index (χ0n) is 15.3. The number of nitrogens with one attached hydrogen (secondary N) is 1. The molecule has 0 radical (unpaired) electrons. The van der Waals surface area contributed by atoms with Crippen molar-refractivity contribution in [2.24, 2.45) is 0 Å². The van der Waals surface area contributed by atoms with Gasteiger partial charge in [0.15, 0.2) is 6.10 Å². The Morgan fingerprint density at radius 3 is 2.64 bits per heavy atom. The number of para-hydroxylation sites is 1. The van der Waals surface area contributed by atoms with Gasteiger partial charge in [0.05, 0.1) is 28.9 Å². The minimum Gasteiger partial charge on any atom is -0.480 e. The molecular weight excluding hydrogens is 448 g/mol. The zero-order chi connectivity index (χ0) is 20.1. The van der Waals surface area contributed by atoms with Crippen molar-refractivity contribution in [1.29, 1.82) is 0 Å². The third-order valence-corrected chi connectivity index (χ3v) is 5.14. The Morgan fingerprint density at radius 1 is 1.21 bits per heavy atom. The molecule has 2 aromatic rings. The van der Waals surface area contributed by atoms with Crippen LogP contribution in [0.25, 0.3) is 0 Å². The molecule has 1 aliphatic rings. The smallest absolute Gasteiger partial charge is 0.265 e. The summed E-state index contributed by atoms with van der Waals surface area (Å²) >= 11 is 9.29. The van der Waals surface area contributed by atoms with Crippen LogP contribution in [0.4, 0.5) is 5.69 Å². The van der Waals surface area contributed by atoms with Gasteiger partial charge in [0.2, 0.25) is 0 Å². The van der Waals surface area contributed by atoms with Gasteiger partial charge >= 0.3 is 0 Å². The summed E-state index contributed by atoms with van der Waals surface area (Å²) in [5.74, 6) is 0.0158. The average molecular weight is 468 g/mol. The number of hydrogen-bond donors (Lipinski definition) is 1. The molecule has 1 unspecified atom stereocenters. The van der Waals surface area contributed by atoms with Crippen molar-refractivity contribution in [1.82, 2.24) is 4.90 Å². The number of nitrogens with zero attached hydrogens (tertiary/aromatic N) is 1. The lowest BCUT2D eigenvalue weighted by Crippen LogP contribution is -2.41. The van der Waals surface area contributed by atoms with E-state index in [9.17, 15) is 9.59 Å². The molecule has 0 saturated carbocycles. The molecule has 3 rings (SSSR count). The summed E-state index contributed by atoms with van der Waals surface area (Å²) in [6.07, 6.45) is -0.774. The first-order valence-corrected chi connectivity index (χ1v) is 10.0. The second-order valence-electron chi connectivity index (χ2n) is 6.27. The molecule has 1 heterocycles. The Hall–Kier alpha value is -2.09. The lowest BCUT2D eigenvalue weighted by atomic mass is 10.1. The Balaban J connectivity index is 1.70. The first kappa shape index (κ1) is 20.6. The van der Waals surface area contributed by atoms with E-state index in [1.165, 1.54) is 0 Å². The fourth-order valence-corrected chi connectivity index (χ4v) is 3.54. The first-order valence-electron chi connectivity index (χ1n) is 8.84. The summed E-state index contributed by atoms with van der Waals surface area (Å²) in [6, 6.07) is 12.0. The molecule has 1 saturated heterocycles. The Labute approximate surface area is 176 Å². The van der Waals surface area contributed by atoms with Gasteiger partial charge in [-0.25, -0.2) is 0 Å². The SMILES string of the molecule is CC(Oc1ccc(Cl)cc1Br)C(=O)Nc1ccccc1C(=O)N1CCOCC1. The van der Waals surface area contributed by atoms with Crippen LogP contribution in [0.2, 0.25) is 5.02 Å². The largest absolute Gasteiger partial charge is 0.480 e. The van der Waals surface area contributed by atoms with Crippen molar-refractivity contribution in [2.45, 2.75) is 13.0 Å². The number of anilines is 1. The lowest BCUT2D eigenvalue weighted by molar-refractivity contribution is -0.122. The van der Waals surface area contributed by atoms with Crippen molar-refractivity contribution >= 4 is 45.0 Å². The van der Waals surface area contributed by atoms with Gasteiger partial charge in [-0.05, 0) is 53.2 Å². The number of hydrogen-bond acceptors (Lipinski definition) is 4. The lowest BCUT2D eigenvalue weighted by Gasteiger charge is -2.27. The summed E-state index contributed by atoms with van der Waals surface area (Å²) in [4.78, 5) is 27.2. The van der Waals surface area contributed by atoms with Crippen LogP contribution < -0.4 is 10.1 Å². The monoisotopic (exact) mass is 466 g/mol. The predicted molar refractivity (Wildman–Crippen MR) is 111 cm³/mol. The molecule has 1 fully saturated rings. The van der Waals surface area contributed by atoms with Gasteiger partial charge < -0.3 is 19.7 Å². The van der Waals surface area contributed by atoms with Gasteiger partial charge in [-0.3, -0.25) is 9.59 Å². The molecule has 0 bridgehead atoms. The van der Waals surface area contributed by atoms with Crippen LogP contribution in [-0.2, 0) is 9.53 Å². The van der Waals surface area contributed by atoms with E-state index in [2.05, 4.69) is 21.2 Å². The van der Waals surface area contributed by atoms with Gasteiger partial charge in [0, 0.05) is 18.1 Å². The summed E-state index contributed by atoms with van der Waals surface area (Å²) in [6.45, 7) is 3.74. The summed E-state index contributed by atoms with van der Waals surface area (Å²) in [5, 5.41) is 3.36. The molecule has 1 aliphatic heterocycles. The third-order valence-electron chi connectivity index (χ3n) is 4.28. The number of benzene rings is 2. The van der Waals surface area contributed by atoms with Gasteiger partial charge in [0.25, 0.3) is 11.8 Å². The highest BCUT2D eigenvalue weighted by Crippen LogP contribution is 2.29. The molecular formula is C20H20BrClN2O4. The topological polar surface area (TPSA) is 67.9 Å². The second-order valence-corrected chi connectivity index (χ2v) is 7.57. The number of halogens is 2. The molecule has 2 aromatic carbocycles. The van der Waals surface area contributed by atoms with Gasteiger partial charge in [-0.15, -0.1) is 0 Å². The highest BCUT2D eigenvalue weighted by atomic mass is 79.9. The molecule has 0 aliphatic carbocycles. The van der Waals surface area contributed by atoms with Crippen LogP contribution in [0, 0.1) is 0 Å². The van der Waals surface area contributed by atoms with E-state index in [1.54, 1.807) is 54.3 Å². The van der Waals surface area contributed by atoms with E-state index in [0.717, 1.165) is 0 Å². The normalized spacial score (nSPS) is 15.0. The molecule has 1 atom stereocenters. The predicted octanol–water partition coefficient (Wildman–Crippen LogP) is 3.98. The van der Waals surface area contributed by atoms with Crippen molar-refractivity contribution in [2.75, 3.05) is 31.6 Å². The second kappa shape index (κ2) is 9.41. The maximum absolute atomic E-state index is 12.8. The van der Waals surface area contributed by atoms with Crippen LogP contribution >= 0.6 is 27.5 Å². The van der Waals surface area contributed by atoms with Crippen LogP contribution in [0.1, 0.15) is 17.3 Å². The number of morpholine rings is 1. The van der Waals surface area contributed by atoms with Crippen molar-refractivity contribution in [3.63, 3.8) is 0 Å². The first-order chi connectivity index (χ1) is 13.5. The standard InChI is InChI=1S/C20H20BrClN2O4/c1-13(28-18-7-6-14(22)12-16(18)21)19(25)23-17-5-3-2-4-15(17)20(26)24-8-10-27-11-9-24/h2-7,12-13H,8-11H2,1H3,(H,23,25). The van der Waals surface area contributed by atoms with Gasteiger partial charge in [0.1, 0.15) is 5.75 Å². The fourth-order valence-electron chi connectivity index (χ4n) is 2.76. The maximum Gasteiger partial charge on any atom is 0.265 e. The molecule has 28 heavy (non-hydrogen) atoms. The summed E-state index contributed by atoms with van der Waals surface area (Å²) in [5.41, 5.74) is 0.896. The van der Waals surface area contributed by atoms with E-state index in [1.807, 2.05) is 0 Å². The van der Waals surface area contributed by atoms with Crippen molar-refractivity contribution in [3.8, 4) is 5.75 Å². The highest BCUT2D eigenvalue weighted by molar-refractivity contribution is 9.10. The molecule has 0 aromatic heterocycles. The van der Waals surface area contributed by atoms with Gasteiger partial charge in [-0.2, -0.15) is 0 Å². The Kier molecular flexibility index (Phi) is 6.93. The van der Waals surface area contributed by atoms with E-state index >= 15 is 0 Å². The molecule has 148 valence electrons. The number of carbonyl (C=O) groups excluding carboxylic acids is 2. The Bertz CT molecular complexity index is 871. The van der Waals surface area contributed by atoms with Crippen molar-refractivity contribution < 1.29 is 19.1 Å². The number of carbonyl (C=O) groups is 2. The zero-order valence-corrected chi connectivity index (χ0v) is 17.6. The minimum atomic E-state index is -0.774. The molecule has 1 N–H and O–H groups in total. The van der Waals surface area contributed by atoms with Gasteiger partial charge in [-0.1, -0.05) is 23.7 Å². The highest BCUT2D eigenvalue weighted by Gasteiger charge is 2.23. The molecule has 2 amide bonds. The van der Waals surface area contributed by atoms with Crippen LogP contribution in [0.3, 0.4) is 0 Å². The van der Waals surface area contributed by atoms with E-state index in [-0.39, 0.29) is 11.8 Å². The Morgan fingerprint density at radius 2 is 1.93 bits per heavy atom. The van der Waals surface area contributed by atoms with E-state index in [0.29, 0.717) is 52.8 Å². The number of rotatable bonds is 5. The maximum atomic E-state index is 12.8. The molecule has 6 nitrogen and oxygen atoms in total. The molecule has 0 spiro atoms. The van der Waals surface area contributed by atoms with Crippen molar-refractivity contribution in [3.05, 3.63) is 57.5 Å². The van der Waals surface area contributed by atoms with E-state index < -0.39 is 6.10 Å². The summed E-state index contributed by atoms with van der Waals surface area (Å²) < 4.78 is 11.7. The fraction of sp³-hybridized carbons (Fsp3) is 0.300. The third kappa shape index (κ3) is 5.04.